The summed E-state index contributed by atoms with van der Waals surface area (Å²) in [5.41, 5.74) is 0.955. The number of aliphatic carboxylic acids is 1. The lowest BCUT2D eigenvalue weighted by Crippen LogP contribution is -2.55. The van der Waals surface area contributed by atoms with E-state index in [0.717, 1.165) is 100.0 Å². The third-order valence-electron chi connectivity index (χ3n) is 15.5. The minimum absolute atomic E-state index is 0.0442. The van der Waals surface area contributed by atoms with Crippen molar-refractivity contribution in [2.45, 2.75) is 152 Å². The highest BCUT2D eigenvalue weighted by Gasteiger charge is 2.73. The van der Waals surface area contributed by atoms with Crippen molar-refractivity contribution in [1.29, 1.82) is 0 Å². The van der Waals surface area contributed by atoms with Crippen molar-refractivity contribution in [3.8, 4) is 11.5 Å². The molecule has 6 aliphatic rings. The van der Waals surface area contributed by atoms with Crippen LogP contribution in [0.1, 0.15) is 104 Å². The average molecular weight is 1020 g/mol. The lowest BCUT2D eigenvalue weighted by molar-refractivity contribution is -0.166. The molecule has 2 aromatic carbocycles. The van der Waals surface area contributed by atoms with Crippen LogP contribution in [0.25, 0.3) is 12.2 Å². The number of rotatable bonds is 23. The highest BCUT2D eigenvalue weighted by Crippen LogP contribution is 2.61. The maximum Gasteiger partial charge on any atom is 0.331 e. The van der Waals surface area contributed by atoms with Gasteiger partial charge in [-0.15, -0.1) is 0 Å². The molecule has 2 N–H and O–H groups in total. The average Bonchev–Trinajstić information content (AvgIpc) is 4.23. The third kappa shape index (κ3) is 16.1. The Hall–Kier alpha value is -3.90. The van der Waals surface area contributed by atoms with Crippen LogP contribution in [0.3, 0.4) is 0 Å². The van der Waals surface area contributed by atoms with Crippen molar-refractivity contribution in [3.63, 3.8) is 0 Å². The van der Waals surface area contributed by atoms with Gasteiger partial charge in [0, 0.05) is 39.5 Å². The van der Waals surface area contributed by atoms with E-state index < -0.39 is 12.1 Å². The predicted octanol–water partition coefficient (Wildman–Crippen LogP) is 8.20. The van der Waals surface area contributed by atoms with Crippen molar-refractivity contribution >= 4 is 24.1 Å². The fourth-order valence-corrected chi connectivity index (χ4v) is 11.0. The maximum atomic E-state index is 12.8. The van der Waals surface area contributed by atoms with Crippen molar-refractivity contribution in [2.24, 2.45) is 23.7 Å². The number of hydrogen-bond acceptors (Lipinski definition) is 14. The Morgan fingerprint density at radius 1 is 0.685 bits per heavy atom. The first-order valence-electron chi connectivity index (χ1n) is 26.6. The van der Waals surface area contributed by atoms with Crippen LogP contribution in [-0.2, 0) is 42.7 Å². The van der Waals surface area contributed by atoms with Crippen molar-refractivity contribution in [2.75, 3.05) is 81.9 Å². The summed E-state index contributed by atoms with van der Waals surface area (Å²) in [7, 11) is 11.4. The number of benzene rings is 2. The molecule has 0 bridgehead atoms. The Morgan fingerprint density at radius 2 is 1.11 bits per heavy atom. The number of carbonyl (C=O) groups excluding carboxylic acids is 1. The van der Waals surface area contributed by atoms with E-state index in [4.69, 9.17) is 47.7 Å². The van der Waals surface area contributed by atoms with Gasteiger partial charge in [-0.3, -0.25) is 0 Å². The van der Waals surface area contributed by atoms with Gasteiger partial charge in [0.25, 0.3) is 0 Å². The van der Waals surface area contributed by atoms with E-state index in [0.29, 0.717) is 31.2 Å². The van der Waals surface area contributed by atoms with Gasteiger partial charge in [0.1, 0.15) is 53.7 Å². The summed E-state index contributed by atoms with van der Waals surface area (Å²) in [5, 5.41) is 18.7. The lowest BCUT2D eigenvalue weighted by Gasteiger charge is -2.42. The zero-order chi connectivity index (χ0) is 53.1. The molecule has 2 unspecified atom stereocenters. The van der Waals surface area contributed by atoms with E-state index in [1.807, 2.05) is 81.6 Å². The molecule has 15 nitrogen and oxygen atoms in total. The largest absolute Gasteiger partial charge is 0.492 e. The third-order valence-corrected chi connectivity index (χ3v) is 15.5. The monoisotopic (exact) mass is 1020 g/mol. The summed E-state index contributed by atoms with van der Waals surface area (Å²) in [6, 6.07) is 15.0. The van der Waals surface area contributed by atoms with Gasteiger partial charge in [0.2, 0.25) is 0 Å². The Kier molecular flexibility index (Phi) is 20.6. The lowest BCUT2D eigenvalue weighted by atomic mass is 9.68. The molecule has 2 saturated carbocycles. The van der Waals surface area contributed by atoms with Gasteiger partial charge in [-0.25, -0.2) is 9.59 Å². The molecule has 12 atom stereocenters. The molecule has 0 aromatic heterocycles. The van der Waals surface area contributed by atoms with Gasteiger partial charge in [-0.2, -0.15) is 0 Å². The Bertz CT molecular complexity index is 2100. The second-order valence-electron chi connectivity index (χ2n) is 22.7. The van der Waals surface area contributed by atoms with Crippen LogP contribution in [0, 0.1) is 23.7 Å². The number of carbonyl (C=O) groups is 2. The standard InChI is InChI=1S/C29H43NO6.C16H28O4.C13H17NO3/c1-20(2)7-13-24-28(3,36-24)27-26(32-6)23(15-16-29(27)19-34-29)35-25(31)14-10-21-8-11-22(12-9-21)33-18-17-30(4)5;1-10(2)5-6-12-15(3,20-12)14-13(18-4)11(17)7-8-16(14)9-19-16;1-14(2)9-10-17-12-6-3-11(4-7-12)5-8-13(15)16/h8-12,14,20,23-24,26-27H,7,13,15-19H2,1-6H3;10-14,17H,5-9H2,1-4H3;3-8H,9-10H2,1-2H3,(H,15,16)/b14-10+;;8-5+/t23?,24-,26-,27-,28+,29+;11?,12-,13-,14-,15+,16+;/m11./s1. The molecule has 0 radical (unpaired) electrons. The van der Waals surface area contributed by atoms with Crippen LogP contribution in [0.2, 0.25) is 0 Å². The van der Waals surface area contributed by atoms with Gasteiger partial charge < -0.3 is 62.6 Å². The zero-order valence-electron chi connectivity index (χ0n) is 45.9. The molecule has 0 amide bonds. The number of likely N-dealkylation sites (N-methyl/N-ethyl adjacent to an activating group) is 2. The van der Waals surface area contributed by atoms with Gasteiger partial charge in [-0.05, 0) is 153 Å². The number of hydrogen-bond donors (Lipinski definition) is 2. The highest BCUT2D eigenvalue weighted by molar-refractivity contribution is 5.87. The summed E-state index contributed by atoms with van der Waals surface area (Å²) in [6.45, 7) is 17.8. The van der Waals surface area contributed by atoms with E-state index in [2.05, 4.69) is 46.4 Å². The predicted molar refractivity (Wildman–Crippen MR) is 282 cm³/mol. The normalized spacial score (nSPS) is 32.9. The molecule has 8 rings (SSSR count). The van der Waals surface area contributed by atoms with Crippen LogP contribution in [0.4, 0.5) is 0 Å². The molecule has 15 heteroatoms. The van der Waals surface area contributed by atoms with Crippen LogP contribution < -0.4 is 9.47 Å². The smallest absolute Gasteiger partial charge is 0.331 e. The molecule has 6 fully saturated rings. The van der Waals surface area contributed by atoms with E-state index in [9.17, 15) is 14.7 Å². The minimum atomic E-state index is -0.948. The van der Waals surface area contributed by atoms with Crippen LogP contribution >= 0.6 is 0 Å². The van der Waals surface area contributed by atoms with Crippen LogP contribution in [0.15, 0.2) is 60.7 Å². The number of carboxylic acids is 1. The molecule has 408 valence electrons. The van der Waals surface area contributed by atoms with E-state index in [-0.39, 0.29) is 64.6 Å². The first-order chi connectivity index (χ1) is 34.7. The van der Waals surface area contributed by atoms with Gasteiger partial charge in [0.15, 0.2) is 0 Å². The Labute approximate surface area is 435 Å². The first kappa shape index (κ1) is 58.4. The summed E-state index contributed by atoms with van der Waals surface area (Å²) >= 11 is 0. The van der Waals surface area contributed by atoms with E-state index >= 15 is 0 Å². The van der Waals surface area contributed by atoms with Crippen molar-refractivity contribution in [1.82, 2.24) is 9.80 Å². The number of nitrogens with zero attached hydrogens (tertiary/aromatic N) is 2. The second kappa shape index (κ2) is 25.8. The van der Waals surface area contributed by atoms with Gasteiger partial charge >= 0.3 is 11.9 Å². The van der Waals surface area contributed by atoms with Crippen molar-refractivity contribution in [3.05, 3.63) is 71.8 Å². The summed E-state index contributed by atoms with van der Waals surface area (Å²) < 4.78 is 52.9. The van der Waals surface area contributed by atoms with Crippen molar-refractivity contribution < 1.29 is 62.4 Å². The number of ether oxygens (including phenoxy) is 9. The number of aliphatic hydroxyl groups is 1. The second-order valence-corrected chi connectivity index (χ2v) is 22.7. The Morgan fingerprint density at radius 3 is 1.51 bits per heavy atom. The number of carboxylic acid groups (broad SMARTS) is 1. The molecule has 73 heavy (non-hydrogen) atoms. The van der Waals surface area contributed by atoms with Gasteiger partial charge in [-0.1, -0.05) is 52.0 Å². The van der Waals surface area contributed by atoms with Gasteiger partial charge in [0.05, 0.1) is 55.1 Å². The fourth-order valence-electron chi connectivity index (χ4n) is 11.0. The Balaban J connectivity index is 0.000000198. The molecule has 4 saturated heterocycles. The van der Waals surface area contributed by atoms with E-state index in [1.165, 1.54) is 12.5 Å². The number of aliphatic hydroxyl groups excluding tert-OH is 1. The highest BCUT2D eigenvalue weighted by atomic mass is 16.6. The number of esters is 1. The van der Waals surface area contributed by atoms with E-state index in [1.54, 1.807) is 26.4 Å². The molecule has 4 aliphatic heterocycles. The maximum absolute atomic E-state index is 12.8. The molecule has 2 aliphatic carbocycles. The van der Waals surface area contributed by atoms with Crippen LogP contribution in [-0.4, -0.2) is 173 Å². The number of methoxy groups -OCH3 is 2. The number of epoxide rings is 4. The SMILES string of the molecule is CN(C)CCOc1ccc(/C=C/C(=O)O)cc1.CO[C@@H]1C(O)CC[C@]2(CO2)[C@H]1[C@@]1(C)O[C@@H]1CCC(C)C.CO[C@@H]1C(OC(=O)/C=C/c2ccc(OCCN(C)C)cc2)CC[C@]2(CO2)[C@H]1[C@@]1(C)O[C@@H]1CCC(C)C. The quantitative estimate of drug-likeness (QED) is 0.0618. The zero-order valence-corrected chi connectivity index (χ0v) is 45.9. The molecule has 4 heterocycles. The summed E-state index contributed by atoms with van der Waals surface area (Å²) in [5.74, 6) is 1.83. The molecular weight excluding hydrogens is 933 g/mol. The van der Waals surface area contributed by atoms with Crippen LogP contribution in [0.5, 0.6) is 11.5 Å². The minimum Gasteiger partial charge on any atom is -0.492 e. The first-order valence-corrected chi connectivity index (χ1v) is 26.6. The topological polar surface area (TPSA) is 177 Å². The molecule has 2 aromatic rings. The molecule has 2 spiro atoms. The fraction of sp³-hybridized carbons (Fsp3) is 0.690. The molecular formula is C58H88N2O13. The summed E-state index contributed by atoms with van der Waals surface area (Å²) in [6.07, 6.45) is 13.0. The summed E-state index contributed by atoms with van der Waals surface area (Å²) in [4.78, 5) is 27.2.